The largest absolute Gasteiger partial charge is 0.486 e. The van der Waals surface area contributed by atoms with Gasteiger partial charge >= 0.3 is 0 Å². The van der Waals surface area contributed by atoms with Gasteiger partial charge in [-0.15, -0.1) is 0 Å². The average molecular weight is 241 g/mol. The van der Waals surface area contributed by atoms with Gasteiger partial charge in [-0.25, -0.2) is 0 Å². The fraction of sp³-hybridized carbons (Fsp3) is 0.250. The van der Waals surface area contributed by atoms with Crippen molar-refractivity contribution in [2.75, 3.05) is 0 Å². The summed E-state index contributed by atoms with van der Waals surface area (Å²) in [6, 6.07) is 12.2. The average Bonchev–Trinajstić information content (AvgIpc) is 2.38. The van der Waals surface area contributed by atoms with Crippen molar-refractivity contribution in [2.45, 2.75) is 26.0 Å². The van der Waals surface area contributed by atoms with Gasteiger partial charge in [0.15, 0.2) is 0 Å². The first-order valence-electron chi connectivity index (χ1n) is 6.20. The molecule has 2 aromatic rings. The Morgan fingerprint density at radius 3 is 2.56 bits per heavy atom. The summed E-state index contributed by atoms with van der Waals surface area (Å²) in [5, 5.41) is 2.26. The lowest BCUT2D eigenvalue weighted by Gasteiger charge is -2.19. The normalized spacial score (nSPS) is 14.2. The molecule has 18 heavy (non-hydrogen) atoms. The predicted molar refractivity (Wildman–Crippen MR) is 76.8 cm³/mol. The third kappa shape index (κ3) is 2.39. The molecule has 2 N–H and O–H groups in total. The van der Waals surface area contributed by atoms with Crippen molar-refractivity contribution in [3.05, 3.63) is 54.6 Å². The monoisotopic (exact) mass is 241 g/mol. The summed E-state index contributed by atoms with van der Waals surface area (Å²) >= 11 is 0. The molecule has 2 rings (SSSR count). The Bertz CT molecular complexity index is 560. The van der Waals surface area contributed by atoms with Gasteiger partial charge in [-0.05, 0) is 19.2 Å². The highest BCUT2D eigenvalue weighted by molar-refractivity contribution is 5.89. The minimum absolute atomic E-state index is 0.0340. The van der Waals surface area contributed by atoms with E-state index in [1.807, 2.05) is 32.0 Å². The predicted octanol–water partition coefficient (Wildman–Crippen LogP) is 3.81. The van der Waals surface area contributed by atoms with Gasteiger partial charge in [-0.1, -0.05) is 49.1 Å². The molecule has 0 saturated heterocycles. The highest BCUT2D eigenvalue weighted by Crippen LogP contribution is 2.33. The summed E-state index contributed by atoms with van der Waals surface area (Å²) in [5.74, 6) is 0.871. The number of nitrogens with two attached hydrogens (primary N) is 1. The molecular formula is C16H19NO. The van der Waals surface area contributed by atoms with Crippen molar-refractivity contribution in [1.82, 2.24) is 0 Å². The standard InChI is InChI=1S/C16H19NO/c1-4-11(2)18-16-14(12(3)17)10-9-13-7-5-6-8-15(13)16/h4-12H,1,17H2,2-3H3/t11?,12-/m1/s1. The van der Waals surface area contributed by atoms with E-state index in [1.165, 1.54) is 0 Å². The van der Waals surface area contributed by atoms with E-state index in [1.54, 1.807) is 6.08 Å². The van der Waals surface area contributed by atoms with E-state index in [9.17, 15) is 0 Å². The maximum atomic E-state index is 6.02. The van der Waals surface area contributed by atoms with Crippen LogP contribution in [0.15, 0.2) is 49.1 Å². The van der Waals surface area contributed by atoms with Gasteiger partial charge in [0.1, 0.15) is 11.9 Å². The van der Waals surface area contributed by atoms with Crippen molar-refractivity contribution >= 4 is 10.8 Å². The summed E-state index contributed by atoms with van der Waals surface area (Å²) in [6.45, 7) is 7.69. The molecule has 2 atom stereocenters. The third-order valence-corrected chi connectivity index (χ3v) is 3.04. The molecule has 0 heterocycles. The highest BCUT2D eigenvalue weighted by atomic mass is 16.5. The Balaban J connectivity index is 2.62. The number of rotatable bonds is 4. The maximum Gasteiger partial charge on any atom is 0.132 e. The van der Waals surface area contributed by atoms with E-state index in [2.05, 4.69) is 24.8 Å². The van der Waals surface area contributed by atoms with E-state index in [4.69, 9.17) is 10.5 Å². The van der Waals surface area contributed by atoms with Crippen molar-refractivity contribution < 1.29 is 4.74 Å². The molecule has 0 aliphatic carbocycles. The van der Waals surface area contributed by atoms with E-state index in [0.717, 1.165) is 22.1 Å². The zero-order chi connectivity index (χ0) is 13.1. The minimum Gasteiger partial charge on any atom is -0.486 e. The Morgan fingerprint density at radius 1 is 1.17 bits per heavy atom. The molecule has 2 aromatic carbocycles. The summed E-state index contributed by atoms with van der Waals surface area (Å²) in [4.78, 5) is 0. The number of hydrogen-bond acceptors (Lipinski definition) is 2. The van der Waals surface area contributed by atoms with Crippen molar-refractivity contribution in [1.29, 1.82) is 0 Å². The summed E-state index contributed by atoms with van der Waals surface area (Å²) < 4.78 is 5.97. The summed E-state index contributed by atoms with van der Waals surface area (Å²) in [7, 11) is 0. The molecule has 0 fully saturated rings. The Morgan fingerprint density at radius 2 is 1.89 bits per heavy atom. The zero-order valence-electron chi connectivity index (χ0n) is 10.9. The van der Waals surface area contributed by atoms with Crippen LogP contribution in [0.1, 0.15) is 25.5 Å². The van der Waals surface area contributed by atoms with Crippen LogP contribution in [-0.2, 0) is 0 Å². The van der Waals surface area contributed by atoms with Crippen LogP contribution >= 0.6 is 0 Å². The second-order valence-electron chi connectivity index (χ2n) is 4.55. The fourth-order valence-corrected chi connectivity index (χ4v) is 1.98. The number of benzene rings is 2. The topological polar surface area (TPSA) is 35.2 Å². The van der Waals surface area contributed by atoms with Gasteiger partial charge in [0.2, 0.25) is 0 Å². The van der Waals surface area contributed by atoms with Crippen LogP contribution in [-0.4, -0.2) is 6.10 Å². The molecule has 0 bridgehead atoms. The smallest absolute Gasteiger partial charge is 0.132 e. The number of ether oxygens (including phenoxy) is 1. The molecule has 0 saturated carbocycles. The summed E-state index contributed by atoms with van der Waals surface area (Å²) in [5.41, 5.74) is 7.05. The number of fused-ring (bicyclic) bond motifs is 1. The van der Waals surface area contributed by atoms with E-state index >= 15 is 0 Å². The lowest BCUT2D eigenvalue weighted by Crippen LogP contribution is -2.13. The molecule has 0 amide bonds. The second kappa shape index (κ2) is 5.23. The van der Waals surface area contributed by atoms with Gasteiger partial charge in [0, 0.05) is 17.0 Å². The number of hydrogen-bond donors (Lipinski definition) is 1. The van der Waals surface area contributed by atoms with Gasteiger partial charge in [-0.2, -0.15) is 0 Å². The van der Waals surface area contributed by atoms with Gasteiger partial charge in [0.25, 0.3) is 0 Å². The molecular weight excluding hydrogens is 222 g/mol. The minimum atomic E-state index is -0.0541. The lowest BCUT2D eigenvalue weighted by atomic mass is 10.0. The molecule has 0 spiro atoms. The lowest BCUT2D eigenvalue weighted by molar-refractivity contribution is 0.270. The van der Waals surface area contributed by atoms with Crippen molar-refractivity contribution in [2.24, 2.45) is 5.73 Å². The summed E-state index contributed by atoms with van der Waals surface area (Å²) in [6.07, 6.45) is 1.75. The van der Waals surface area contributed by atoms with Crippen LogP contribution in [0.2, 0.25) is 0 Å². The zero-order valence-corrected chi connectivity index (χ0v) is 10.9. The first kappa shape index (κ1) is 12.7. The Labute approximate surface area is 108 Å². The van der Waals surface area contributed by atoms with Crippen molar-refractivity contribution in [3.63, 3.8) is 0 Å². The maximum absolute atomic E-state index is 6.02. The van der Waals surface area contributed by atoms with Crippen molar-refractivity contribution in [3.8, 4) is 5.75 Å². The Kier molecular flexibility index (Phi) is 3.68. The van der Waals surface area contributed by atoms with Gasteiger partial charge < -0.3 is 10.5 Å². The van der Waals surface area contributed by atoms with Gasteiger partial charge in [0.05, 0.1) is 0 Å². The molecule has 2 heteroatoms. The van der Waals surface area contributed by atoms with Crippen LogP contribution < -0.4 is 10.5 Å². The van der Waals surface area contributed by atoms with E-state index in [0.29, 0.717) is 0 Å². The first-order valence-corrected chi connectivity index (χ1v) is 6.20. The molecule has 0 aromatic heterocycles. The highest BCUT2D eigenvalue weighted by Gasteiger charge is 2.13. The Hall–Kier alpha value is -1.80. The van der Waals surface area contributed by atoms with Crippen LogP contribution in [0.4, 0.5) is 0 Å². The molecule has 1 unspecified atom stereocenters. The van der Waals surface area contributed by atoms with Crippen LogP contribution in [0.5, 0.6) is 5.75 Å². The fourth-order valence-electron chi connectivity index (χ4n) is 1.98. The quantitative estimate of drug-likeness (QED) is 0.826. The second-order valence-corrected chi connectivity index (χ2v) is 4.55. The van der Waals surface area contributed by atoms with E-state index < -0.39 is 0 Å². The van der Waals surface area contributed by atoms with Crippen LogP contribution in [0.25, 0.3) is 10.8 Å². The first-order chi connectivity index (χ1) is 8.63. The molecule has 0 aliphatic heterocycles. The molecule has 0 aliphatic rings. The third-order valence-electron chi connectivity index (χ3n) is 3.04. The van der Waals surface area contributed by atoms with Crippen LogP contribution in [0, 0.1) is 0 Å². The SMILES string of the molecule is C=CC(C)Oc1c([C@@H](C)N)ccc2ccccc12. The molecule has 0 radical (unpaired) electrons. The molecule has 94 valence electrons. The van der Waals surface area contributed by atoms with Crippen LogP contribution in [0.3, 0.4) is 0 Å². The molecule has 2 nitrogen and oxygen atoms in total. The van der Waals surface area contributed by atoms with Gasteiger partial charge in [-0.3, -0.25) is 0 Å². The van der Waals surface area contributed by atoms with E-state index in [-0.39, 0.29) is 12.1 Å².